The molecule has 0 saturated heterocycles. The molecule has 0 aliphatic carbocycles. The lowest BCUT2D eigenvalue weighted by Gasteiger charge is -2.36. The average molecular weight is 775 g/mol. The van der Waals surface area contributed by atoms with Gasteiger partial charge in [0.05, 0.1) is 37.3 Å². The predicted octanol–water partition coefficient (Wildman–Crippen LogP) is 10.3. The van der Waals surface area contributed by atoms with Crippen LogP contribution >= 0.6 is 0 Å². The van der Waals surface area contributed by atoms with E-state index in [1.54, 1.807) is 0 Å². The number of hydrogen-bond acceptors (Lipinski definition) is 6. The molecule has 0 fully saturated rings. The third-order valence-electron chi connectivity index (χ3n) is 11.2. The van der Waals surface area contributed by atoms with Crippen molar-refractivity contribution in [1.29, 1.82) is 0 Å². The van der Waals surface area contributed by atoms with Crippen molar-refractivity contribution in [2.75, 3.05) is 39.6 Å². The Morgan fingerprint density at radius 2 is 0.655 bits per heavy atom. The Morgan fingerprint density at radius 3 is 0.914 bits per heavy atom. The molecular weight excluding hydrogens is 721 g/mol. The summed E-state index contributed by atoms with van der Waals surface area (Å²) in [5.74, 6) is 5.21. The molecule has 0 bridgehead atoms. The maximum Gasteiger partial charge on any atom is 0.134 e. The molecule has 0 radical (unpaired) electrons. The van der Waals surface area contributed by atoms with Crippen molar-refractivity contribution in [3.63, 3.8) is 0 Å². The van der Waals surface area contributed by atoms with E-state index in [1.165, 1.54) is 0 Å². The first-order valence-electron chi connectivity index (χ1n) is 21.0. The standard InChI is InChI=1S/C52H54O6/c1-5-29-53-43-19-11-39(12-20-43)51(40-13-21-44(22-14-40)54-30-6-2)33-37-9-27-48-47(49(37)57-35-51)28-10-38-34-52(36-58-50(38)48,41-15-23-45(24-16-41)55-31-7-3)42-17-25-46(26-18-42)56-32-8-4/h9-28,33-34H,5-8,29-32,35-36H2,1-4H3. The normalized spacial score (nSPS) is 14.8. The van der Waals surface area contributed by atoms with Crippen LogP contribution in [0, 0.1) is 0 Å². The highest BCUT2D eigenvalue weighted by atomic mass is 16.5. The van der Waals surface area contributed by atoms with Crippen molar-refractivity contribution in [2.45, 2.75) is 64.2 Å². The maximum absolute atomic E-state index is 6.92. The van der Waals surface area contributed by atoms with Crippen LogP contribution in [0.2, 0.25) is 0 Å². The molecule has 58 heavy (non-hydrogen) atoms. The van der Waals surface area contributed by atoms with Gasteiger partial charge in [0, 0.05) is 21.2 Å². The van der Waals surface area contributed by atoms with E-state index in [2.05, 4.69) is 161 Å². The number of fused-ring (bicyclic) bond motifs is 5. The topological polar surface area (TPSA) is 55.4 Å². The fourth-order valence-corrected chi connectivity index (χ4v) is 8.19. The van der Waals surface area contributed by atoms with Crippen molar-refractivity contribution in [3.05, 3.63) is 154 Å². The van der Waals surface area contributed by atoms with E-state index in [9.17, 15) is 0 Å². The van der Waals surface area contributed by atoms with Crippen molar-refractivity contribution in [3.8, 4) is 34.5 Å². The molecule has 8 rings (SSSR count). The molecule has 0 atom stereocenters. The van der Waals surface area contributed by atoms with Gasteiger partial charge in [-0.25, -0.2) is 0 Å². The smallest absolute Gasteiger partial charge is 0.134 e. The average Bonchev–Trinajstić information content (AvgIpc) is 3.28. The zero-order valence-electron chi connectivity index (χ0n) is 34.2. The van der Waals surface area contributed by atoms with Gasteiger partial charge in [0.1, 0.15) is 47.7 Å². The van der Waals surface area contributed by atoms with Crippen LogP contribution in [-0.2, 0) is 10.8 Å². The van der Waals surface area contributed by atoms with E-state index in [1.807, 2.05) is 0 Å². The van der Waals surface area contributed by atoms with E-state index in [-0.39, 0.29) is 0 Å². The molecule has 298 valence electrons. The van der Waals surface area contributed by atoms with E-state index >= 15 is 0 Å². The van der Waals surface area contributed by atoms with Crippen molar-refractivity contribution in [2.24, 2.45) is 0 Å². The van der Waals surface area contributed by atoms with Crippen molar-refractivity contribution >= 4 is 22.9 Å². The summed E-state index contributed by atoms with van der Waals surface area (Å²) in [6.07, 6.45) is 8.59. The van der Waals surface area contributed by atoms with Gasteiger partial charge in [-0.05, 0) is 109 Å². The SMILES string of the molecule is CCCOc1ccc(C2(c3ccc(OCCC)cc3)C=c3ccc4c5c(ccc4c3OC2)=CC(c2ccc(OCCC)cc2)(c2ccc(OCCC)cc2)CO5)cc1. The van der Waals surface area contributed by atoms with Crippen molar-refractivity contribution in [1.82, 2.24) is 0 Å². The number of ether oxygens (including phenoxy) is 6. The first-order chi connectivity index (χ1) is 28.5. The second-order valence-corrected chi connectivity index (χ2v) is 15.4. The number of benzene rings is 6. The molecule has 2 aliphatic rings. The molecule has 6 aromatic rings. The Balaban J connectivity index is 1.22. The highest BCUT2D eigenvalue weighted by Gasteiger charge is 2.38. The van der Waals surface area contributed by atoms with Gasteiger partial charge in [0.2, 0.25) is 0 Å². The third-order valence-corrected chi connectivity index (χ3v) is 11.2. The number of rotatable bonds is 16. The Morgan fingerprint density at radius 1 is 0.379 bits per heavy atom. The molecule has 6 aromatic carbocycles. The second kappa shape index (κ2) is 17.3. The maximum atomic E-state index is 6.92. The zero-order chi connectivity index (χ0) is 40.0. The van der Waals surface area contributed by atoms with Crippen LogP contribution in [0.25, 0.3) is 22.9 Å². The lowest BCUT2D eigenvalue weighted by atomic mass is 9.73. The Kier molecular flexibility index (Phi) is 11.6. The van der Waals surface area contributed by atoms with E-state index < -0.39 is 10.8 Å². The van der Waals surface area contributed by atoms with Gasteiger partial charge in [-0.2, -0.15) is 0 Å². The monoisotopic (exact) mass is 774 g/mol. The van der Waals surface area contributed by atoms with E-state index in [0.717, 1.165) is 104 Å². The van der Waals surface area contributed by atoms with E-state index in [0.29, 0.717) is 39.6 Å². The number of hydrogen-bond donors (Lipinski definition) is 0. The molecule has 0 aromatic heterocycles. The van der Waals surface area contributed by atoms with Crippen LogP contribution < -0.4 is 38.9 Å². The summed E-state index contributed by atoms with van der Waals surface area (Å²) in [7, 11) is 0. The summed E-state index contributed by atoms with van der Waals surface area (Å²) >= 11 is 0. The lowest BCUT2D eigenvalue weighted by Crippen LogP contribution is -2.39. The van der Waals surface area contributed by atoms with Crippen LogP contribution in [-0.4, -0.2) is 39.6 Å². The van der Waals surface area contributed by atoms with Crippen LogP contribution in [0.4, 0.5) is 0 Å². The van der Waals surface area contributed by atoms with E-state index in [4.69, 9.17) is 28.4 Å². The minimum atomic E-state index is -0.528. The molecule has 0 amide bonds. The molecule has 0 N–H and O–H groups in total. The highest BCUT2D eigenvalue weighted by Crippen LogP contribution is 2.43. The minimum Gasteiger partial charge on any atom is -0.494 e. The van der Waals surface area contributed by atoms with Gasteiger partial charge in [-0.3, -0.25) is 0 Å². The lowest BCUT2D eigenvalue weighted by molar-refractivity contribution is 0.266. The van der Waals surface area contributed by atoms with Gasteiger partial charge in [-0.1, -0.05) is 101 Å². The van der Waals surface area contributed by atoms with Crippen molar-refractivity contribution < 1.29 is 28.4 Å². The minimum absolute atomic E-state index is 0.437. The predicted molar refractivity (Wildman–Crippen MR) is 234 cm³/mol. The fraction of sp³-hybridized carbons (Fsp3) is 0.308. The molecule has 6 nitrogen and oxygen atoms in total. The molecule has 0 unspecified atom stereocenters. The van der Waals surface area contributed by atoms with Crippen LogP contribution in [0.15, 0.2) is 121 Å². The highest BCUT2D eigenvalue weighted by molar-refractivity contribution is 5.95. The van der Waals surface area contributed by atoms with Gasteiger partial charge in [0.25, 0.3) is 0 Å². The first-order valence-corrected chi connectivity index (χ1v) is 21.0. The zero-order valence-corrected chi connectivity index (χ0v) is 34.2. The van der Waals surface area contributed by atoms with Crippen LogP contribution in [0.3, 0.4) is 0 Å². The largest absolute Gasteiger partial charge is 0.494 e. The Labute approximate surface area is 342 Å². The molecule has 2 aliphatic heterocycles. The summed E-state index contributed by atoms with van der Waals surface area (Å²) in [6, 6.07) is 42.6. The summed E-state index contributed by atoms with van der Waals surface area (Å²) in [6.45, 7) is 12.1. The first kappa shape index (κ1) is 39.0. The molecule has 2 heterocycles. The van der Waals surface area contributed by atoms with Gasteiger partial charge in [0.15, 0.2) is 0 Å². The fourth-order valence-electron chi connectivity index (χ4n) is 8.19. The van der Waals surface area contributed by atoms with Gasteiger partial charge < -0.3 is 28.4 Å². The van der Waals surface area contributed by atoms with Gasteiger partial charge >= 0.3 is 0 Å². The quantitative estimate of drug-likeness (QED) is 0.0976. The molecular formula is C52H54O6. The summed E-state index contributed by atoms with van der Waals surface area (Å²) < 4.78 is 37.7. The van der Waals surface area contributed by atoms with Crippen LogP contribution in [0.1, 0.15) is 75.6 Å². The summed E-state index contributed by atoms with van der Waals surface area (Å²) in [5.41, 5.74) is 3.50. The molecule has 0 saturated carbocycles. The Hall–Kier alpha value is -5.88. The summed E-state index contributed by atoms with van der Waals surface area (Å²) in [5, 5.41) is 4.15. The second-order valence-electron chi connectivity index (χ2n) is 15.4. The summed E-state index contributed by atoms with van der Waals surface area (Å²) in [4.78, 5) is 0. The third kappa shape index (κ3) is 7.60. The molecule has 6 heteroatoms. The van der Waals surface area contributed by atoms with Gasteiger partial charge in [-0.15, -0.1) is 0 Å². The van der Waals surface area contributed by atoms with Crippen LogP contribution in [0.5, 0.6) is 34.5 Å². The molecule has 0 spiro atoms. The Bertz CT molecular complexity index is 2160.